The highest BCUT2D eigenvalue weighted by atomic mass is 127. The van der Waals surface area contributed by atoms with Gasteiger partial charge < -0.3 is 15.5 Å². The molecule has 0 saturated carbocycles. The number of nitrogens with zero attached hydrogens (tertiary/aromatic N) is 5. The van der Waals surface area contributed by atoms with Crippen molar-refractivity contribution in [3.63, 3.8) is 0 Å². The zero-order valence-electron chi connectivity index (χ0n) is 17.5. The van der Waals surface area contributed by atoms with E-state index in [1.165, 1.54) is 5.69 Å². The monoisotopic (exact) mass is 519 g/mol. The molecule has 1 aromatic carbocycles. The summed E-state index contributed by atoms with van der Waals surface area (Å²) < 4.78 is 1.88. The van der Waals surface area contributed by atoms with E-state index in [1.807, 2.05) is 23.0 Å². The molecule has 3 rings (SSSR count). The van der Waals surface area contributed by atoms with Gasteiger partial charge in [0, 0.05) is 57.5 Å². The van der Waals surface area contributed by atoms with Crippen LogP contribution in [-0.2, 0) is 6.54 Å². The maximum absolute atomic E-state index is 4.48. The summed E-state index contributed by atoms with van der Waals surface area (Å²) in [5, 5.41) is 6.72. The van der Waals surface area contributed by atoms with Gasteiger partial charge in [-0.25, -0.2) is 9.97 Å². The fourth-order valence-electron chi connectivity index (χ4n) is 3.06. The Labute approximate surface area is 195 Å². The zero-order chi connectivity index (χ0) is 20.3. The standard InChI is InChI=1S/C22H29N7.HI/c1-3-28(20-8-5-4-6-9-20)14-7-12-25-22(23-2)27-17-19-10-11-21(26-16-19)29-15-13-24-18-29;/h4-6,8-11,13,15-16,18H,3,7,12,14,17H2,1-2H3,(H2,23,25,27);1H. The number of hydrogen-bond donors (Lipinski definition) is 2. The van der Waals surface area contributed by atoms with Gasteiger partial charge in [-0.3, -0.25) is 9.56 Å². The number of para-hydroxylation sites is 1. The van der Waals surface area contributed by atoms with Crippen molar-refractivity contribution in [3.05, 3.63) is 72.9 Å². The molecule has 0 aliphatic carbocycles. The van der Waals surface area contributed by atoms with E-state index in [1.54, 1.807) is 19.6 Å². The van der Waals surface area contributed by atoms with E-state index in [2.05, 4.69) is 73.8 Å². The molecular weight excluding hydrogens is 489 g/mol. The number of nitrogens with one attached hydrogen (secondary N) is 2. The third-order valence-electron chi connectivity index (χ3n) is 4.66. The molecule has 2 N–H and O–H groups in total. The van der Waals surface area contributed by atoms with Crippen LogP contribution in [0.2, 0.25) is 0 Å². The Morgan fingerprint density at radius 1 is 1.13 bits per heavy atom. The van der Waals surface area contributed by atoms with Crippen LogP contribution in [0.25, 0.3) is 5.82 Å². The minimum atomic E-state index is 0. The third-order valence-corrected chi connectivity index (χ3v) is 4.66. The molecule has 0 aliphatic heterocycles. The molecule has 7 nitrogen and oxygen atoms in total. The number of benzene rings is 1. The number of imidazole rings is 1. The SMILES string of the molecule is CCN(CCCNC(=NC)NCc1ccc(-n2ccnc2)nc1)c1ccccc1.I. The largest absolute Gasteiger partial charge is 0.372 e. The summed E-state index contributed by atoms with van der Waals surface area (Å²) >= 11 is 0. The lowest BCUT2D eigenvalue weighted by Gasteiger charge is -2.23. The van der Waals surface area contributed by atoms with Gasteiger partial charge in [-0.2, -0.15) is 0 Å². The number of aliphatic imine (C=N–C) groups is 1. The van der Waals surface area contributed by atoms with Crippen LogP contribution in [0.15, 0.2) is 72.4 Å². The van der Waals surface area contributed by atoms with Crippen LogP contribution in [0.3, 0.4) is 0 Å². The number of halogens is 1. The van der Waals surface area contributed by atoms with Gasteiger partial charge in [0.15, 0.2) is 5.96 Å². The van der Waals surface area contributed by atoms with Crippen molar-refractivity contribution in [3.8, 4) is 5.82 Å². The lowest BCUT2D eigenvalue weighted by molar-refractivity contribution is 0.708. The van der Waals surface area contributed by atoms with Crippen LogP contribution in [-0.4, -0.2) is 47.2 Å². The first-order chi connectivity index (χ1) is 14.3. The summed E-state index contributed by atoms with van der Waals surface area (Å²) in [5.74, 6) is 1.65. The predicted molar refractivity (Wildman–Crippen MR) is 134 cm³/mol. The van der Waals surface area contributed by atoms with Gasteiger partial charge in [-0.15, -0.1) is 24.0 Å². The molecule has 0 saturated heterocycles. The third kappa shape index (κ3) is 7.01. The predicted octanol–water partition coefficient (Wildman–Crippen LogP) is 3.47. The molecule has 0 radical (unpaired) electrons. The highest BCUT2D eigenvalue weighted by Crippen LogP contribution is 2.12. The highest BCUT2D eigenvalue weighted by Gasteiger charge is 2.04. The molecule has 160 valence electrons. The van der Waals surface area contributed by atoms with Crippen molar-refractivity contribution in [2.45, 2.75) is 19.9 Å². The normalized spacial score (nSPS) is 10.9. The Hall–Kier alpha value is -2.62. The Morgan fingerprint density at radius 2 is 1.97 bits per heavy atom. The summed E-state index contributed by atoms with van der Waals surface area (Å²) in [5.41, 5.74) is 2.36. The fraction of sp³-hybridized carbons (Fsp3) is 0.318. The van der Waals surface area contributed by atoms with Crippen molar-refractivity contribution in [1.29, 1.82) is 0 Å². The van der Waals surface area contributed by atoms with E-state index in [9.17, 15) is 0 Å². The van der Waals surface area contributed by atoms with Gasteiger partial charge in [0.1, 0.15) is 12.1 Å². The Bertz CT molecular complexity index is 864. The first kappa shape index (κ1) is 23.7. The van der Waals surface area contributed by atoms with Crippen molar-refractivity contribution in [1.82, 2.24) is 25.2 Å². The fourth-order valence-corrected chi connectivity index (χ4v) is 3.06. The number of anilines is 1. The quantitative estimate of drug-likeness (QED) is 0.196. The molecule has 0 aliphatic rings. The second kappa shape index (κ2) is 12.8. The van der Waals surface area contributed by atoms with E-state index < -0.39 is 0 Å². The molecule has 0 unspecified atom stereocenters. The molecule has 8 heteroatoms. The van der Waals surface area contributed by atoms with Crippen molar-refractivity contribution in [2.75, 3.05) is 31.6 Å². The van der Waals surface area contributed by atoms with Crippen LogP contribution in [0.5, 0.6) is 0 Å². The van der Waals surface area contributed by atoms with Gasteiger partial charge >= 0.3 is 0 Å². The summed E-state index contributed by atoms with van der Waals surface area (Å²) in [4.78, 5) is 15.2. The Kier molecular flexibility index (Phi) is 10.1. The van der Waals surface area contributed by atoms with Crippen LogP contribution in [0.4, 0.5) is 5.69 Å². The second-order valence-electron chi connectivity index (χ2n) is 6.62. The minimum absolute atomic E-state index is 0. The molecule has 0 fully saturated rings. The number of rotatable bonds is 9. The van der Waals surface area contributed by atoms with Gasteiger partial charge in [0.2, 0.25) is 0 Å². The van der Waals surface area contributed by atoms with Crippen molar-refractivity contribution < 1.29 is 0 Å². The lowest BCUT2D eigenvalue weighted by atomic mass is 10.2. The smallest absolute Gasteiger partial charge is 0.191 e. The molecular formula is C22H30IN7. The summed E-state index contributed by atoms with van der Waals surface area (Å²) in [7, 11) is 1.79. The molecule has 0 atom stereocenters. The molecule has 2 aromatic heterocycles. The molecule has 0 spiro atoms. The summed E-state index contributed by atoms with van der Waals surface area (Å²) in [6, 6.07) is 14.6. The van der Waals surface area contributed by atoms with Crippen LogP contribution in [0.1, 0.15) is 18.9 Å². The van der Waals surface area contributed by atoms with Gasteiger partial charge in [0.25, 0.3) is 0 Å². The van der Waals surface area contributed by atoms with Gasteiger partial charge in [-0.1, -0.05) is 24.3 Å². The van der Waals surface area contributed by atoms with Crippen LogP contribution >= 0.6 is 24.0 Å². The van der Waals surface area contributed by atoms with E-state index in [0.29, 0.717) is 6.54 Å². The average Bonchev–Trinajstić information content (AvgIpc) is 3.32. The van der Waals surface area contributed by atoms with E-state index in [0.717, 1.165) is 43.4 Å². The summed E-state index contributed by atoms with van der Waals surface area (Å²) in [6.07, 6.45) is 8.26. The zero-order valence-corrected chi connectivity index (χ0v) is 19.9. The van der Waals surface area contributed by atoms with Crippen molar-refractivity contribution >= 4 is 35.6 Å². The number of hydrogen-bond acceptors (Lipinski definition) is 4. The molecule has 3 aromatic rings. The van der Waals surface area contributed by atoms with Crippen LogP contribution in [0, 0.1) is 0 Å². The highest BCUT2D eigenvalue weighted by molar-refractivity contribution is 14.0. The van der Waals surface area contributed by atoms with Gasteiger partial charge in [-0.05, 0) is 37.1 Å². The first-order valence-electron chi connectivity index (χ1n) is 9.98. The molecule has 0 bridgehead atoms. The maximum Gasteiger partial charge on any atom is 0.191 e. The molecule has 2 heterocycles. The van der Waals surface area contributed by atoms with E-state index in [4.69, 9.17) is 0 Å². The molecule has 30 heavy (non-hydrogen) atoms. The van der Waals surface area contributed by atoms with E-state index >= 15 is 0 Å². The lowest BCUT2D eigenvalue weighted by Crippen LogP contribution is -2.38. The number of pyridine rings is 1. The van der Waals surface area contributed by atoms with E-state index in [-0.39, 0.29) is 24.0 Å². The van der Waals surface area contributed by atoms with Crippen molar-refractivity contribution in [2.24, 2.45) is 4.99 Å². The average molecular weight is 519 g/mol. The Balaban J connectivity index is 0.00000320. The number of aromatic nitrogens is 3. The second-order valence-corrected chi connectivity index (χ2v) is 6.62. The summed E-state index contributed by atoms with van der Waals surface area (Å²) in [6.45, 7) is 5.72. The Morgan fingerprint density at radius 3 is 2.60 bits per heavy atom. The molecule has 0 amide bonds. The van der Waals surface area contributed by atoms with Gasteiger partial charge in [0.05, 0.1) is 0 Å². The topological polar surface area (TPSA) is 70.4 Å². The maximum atomic E-state index is 4.48. The first-order valence-corrected chi connectivity index (χ1v) is 9.98. The minimum Gasteiger partial charge on any atom is -0.372 e. The van der Waals surface area contributed by atoms with Crippen LogP contribution < -0.4 is 15.5 Å². The number of guanidine groups is 1.